The third kappa shape index (κ3) is 3.28. The number of rotatable bonds is 6. The Morgan fingerprint density at radius 1 is 1.25 bits per heavy atom. The number of anilines is 1. The summed E-state index contributed by atoms with van der Waals surface area (Å²) in [4.78, 5) is 18.8. The molecule has 1 aromatic carbocycles. The highest BCUT2D eigenvalue weighted by Crippen LogP contribution is 2.28. The lowest BCUT2D eigenvalue weighted by molar-refractivity contribution is 0.102. The van der Waals surface area contributed by atoms with E-state index in [-0.39, 0.29) is 5.91 Å². The Bertz CT molecular complexity index is 567. The van der Waals surface area contributed by atoms with Crippen molar-refractivity contribution in [1.29, 1.82) is 0 Å². The van der Waals surface area contributed by atoms with Crippen molar-refractivity contribution in [3.05, 3.63) is 36.2 Å². The minimum atomic E-state index is -0.260. The van der Waals surface area contributed by atoms with Gasteiger partial charge in [-0.05, 0) is 32.0 Å². The maximum atomic E-state index is 12.1. The molecule has 0 saturated carbocycles. The number of amides is 1. The van der Waals surface area contributed by atoms with Crippen molar-refractivity contribution in [1.82, 2.24) is 9.97 Å². The monoisotopic (exact) mass is 275 g/mol. The lowest BCUT2D eigenvalue weighted by Crippen LogP contribution is -2.13. The molecule has 0 atom stereocenters. The minimum absolute atomic E-state index is 0.260. The van der Waals surface area contributed by atoms with Crippen LogP contribution in [-0.2, 0) is 0 Å². The summed E-state index contributed by atoms with van der Waals surface area (Å²) in [6, 6.07) is 5.07. The maximum absolute atomic E-state index is 12.1. The molecule has 0 spiro atoms. The first-order chi connectivity index (χ1) is 9.74. The molecule has 0 aliphatic rings. The van der Waals surface area contributed by atoms with Crippen LogP contribution in [0.25, 0.3) is 0 Å². The molecule has 1 amide bonds. The molecule has 0 saturated heterocycles. The van der Waals surface area contributed by atoms with Crippen LogP contribution in [0.15, 0.2) is 30.6 Å². The van der Waals surface area contributed by atoms with Crippen LogP contribution in [0.3, 0.4) is 0 Å². The number of nitrogens with zero attached hydrogens (tertiary/aromatic N) is 1. The number of aromatic amines is 1. The Morgan fingerprint density at radius 2 is 2.00 bits per heavy atom. The quantitative estimate of drug-likeness (QED) is 0.849. The summed E-state index contributed by atoms with van der Waals surface area (Å²) in [6.45, 7) is 4.82. The van der Waals surface area contributed by atoms with E-state index in [0.29, 0.717) is 36.2 Å². The highest BCUT2D eigenvalue weighted by atomic mass is 16.5. The number of ether oxygens (including phenoxy) is 2. The third-order valence-electron chi connectivity index (χ3n) is 2.54. The number of nitrogens with one attached hydrogen (secondary N) is 2. The van der Waals surface area contributed by atoms with Gasteiger partial charge in [0.2, 0.25) is 5.95 Å². The van der Waals surface area contributed by atoms with Crippen LogP contribution in [0.5, 0.6) is 11.5 Å². The van der Waals surface area contributed by atoms with Crippen LogP contribution in [0.4, 0.5) is 5.95 Å². The van der Waals surface area contributed by atoms with Crippen LogP contribution in [-0.4, -0.2) is 29.1 Å². The fraction of sp³-hybridized carbons (Fsp3) is 0.286. The van der Waals surface area contributed by atoms with Gasteiger partial charge in [0.1, 0.15) is 0 Å². The molecule has 2 rings (SSSR count). The topological polar surface area (TPSA) is 76.2 Å². The molecule has 20 heavy (non-hydrogen) atoms. The van der Waals surface area contributed by atoms with E-state index in [1.165, 1.54) is 0 Å². The van der Waals surface area contributed by atoms with Gasteiger partial charge in [0, 0.05) is 18.0 Å². The van der Waals surface area contributed by atoms with Crippen LogP contribution in [0.1, 0.15) is 24.2 Å². The van der Waals surface area contributed by atoms with Crippen molar-refractivity contribution >= 4 is 11.9 Å². The second kappa shape index (κ2) is 6.60. The van der Waals surface area contributed by atoms with E-state index >= 15 is 0 Å². The molecule has 2 aromatic rings. The Kier molecular flexibility index (Phi) is 4.60. The second-order valence-electron chi connectivity index (χ2n) is 3.92. The number of hydrogen-bond donors (Lipinski definition) is 2. The predicted octanol–water partition coefficient (Wildman–Crippen LogP) is 2.46. The van der Waals surface area contributed by atoms with E-state index in [0.717, 1.165) is 0 Å². The second-order valence-corrected chi connectivity index (χ2v) is 3.92. The summed E-state index contributed by atoms with van der Waals surface area (Å²) >= 11 is 0. The van der Waals surface area contributed by atoms with Crippen LogP contribution >= 0.6 is 0 Å². The molecule has 0 radical (unpaired) electrons. The largest absolute Gasteiger partial charge is 0.490 e. The normalized spacial score (nSPS) is 10.1. The van der Waals surface area contributed by atoms with Crippen molar-refractivity contribution in [2.24, 2.45) is 0 Å². The maximum Gasteiger partial charge on any atom is 0.258 e. The fourth-order valence-electron chi connectivity index (χ4n) is 1.71. The van der Waals surface area contributed by atoms with Gasteiger partial charge in [-0.3, -0.25) is 10.1 Å². The molecule has 1 heterocycles. The molecule has 2 N–H and O–H groups in total. The number of carbonyl (C=O) groups excluding carboxylic acids is 1. The SMILES string of the molecule is CCOc1ccc(C(=O)Nc2ncc[nH]2)cc1OCC. The van der Waals surface area contributed by atoms with Gasteiger partial charge >= 0.3 is 0 Å². The summed E-state index contributed by atoms with van der Waals surface area (Å²) in [5.74, 6) is 1.33. The van der Waals surface area contributed by atoms with Gasteiger partial charge in [0.05, 0.1) is 13.2 Å². The van der Waals surface area contributed by atoms with Gasteiger partial charge < -0.3 is 14.5 Å². The van der Waals surface area contributed by atoms with E-state index in [4.69, 9.17) is 9.47 Å². The minimum Gasteiger partial charge on any atom is -0.490 e. The number of hydrogen-bond acceptors (Lipinski definition) is 4. The van der Waals surface area contributed by atoms with Crippen LogP contribution in [0, 0.1) is 0 Å². The summed E-state index contributed by atoms with van der Waals surface area (Å²) < 4.78 is 10.9. The molecular formula is C14H17N3O3. The van der Waals surface area contributed by atoms with E-state index in [2.05, 4.69) is 15.3 Å². The van der Waals surface area contributed by atoms with E-state index in [1.807, 2.05) is 13.8 Å². The van der Waals surface area contributed by atoms with Gasteiger partial charge in [0.25, 0.3) is 5.91 Å². The zero-order valence-electron chi connectivity index (χ0n) is 11.5. The summed E-state index contributed by atoms with van der Waals surface area (Å²) in [6.07, 6.45) is 3.21. The van der Waals surface area contributed by atoms with Crippen molar-refractivity contribution in [3.63, 3.8) is 0 Å². The fourth-order valence-corrected chi connectivity index (χ4v) is 1.71. The summed E-state index contributed by atoms with van der Waals surface area (Å²) in [7, 11) is 0. The van der Waals surface area contributed by atoms with E-state index < -0.39 is 0 Å². The zero-order valence-corrected chi connectivity index (χ0v) is 11.5. The first kappa shape index (κ1) is 13.9. The highest BCUT2D eigenvalue weighted by molar-refractivity contribution is 6.03. The third-order valence-corrected chi connectivity index (χ3v) is 2.54. The molecule has 0 aliphatic carbocycles. The number of carbonyl (C=O) groups is 1. The van der Waals surface area contributed by atoms with Crippen molar-refractivity contribution in [2.75, 3.05) is 18.5 Å². The Hall–Kier alpha value is -2.50. The zero-order chi connectivity index (χ0) is 14.4. The standard InChI is InChI=1S/C14H17N3O3/c1-3-19-11-6-5-10(9-12(11)20-4-2)13(18)17-14-15-7-8-16-14/h5-9H,3-4H2,1-2H3,(H2,15,16,17,18). The first-order valence-corrected chi connectivity index (χ1v) is 6.45. The average molecular weight is 275 g/mol. The van der Waals surface area contributed by atoms with Gasteiger partial charge in [-0.15, -0.1) is 0 Å². The summed E-state index contributed by atoms with van der Waals surface area (Å²) in [5.41, 5.74) is 0.480. The van der Waals surface area contributed by atoms with Crippen LogP contribution in [0.2, 0.25) is 0 Å². The average Bonchev–Trinajstić information content (AvgIpc) is 2.94. The lowest BCUT2D eigenvalue weighted by Gasteiger charge is -2.12. The lowest BCUT2D eigenvalue weighted by atomic mass is 10.2. The van der Waals surface area contributed by atoms with E-state index in [9.17, 15) is 4.79 Å². The number of H-pyrrole nitrogens is 1. The molecule has 0 fully saturated rings. The Balaban J connectivity index is 2.19. The van der Waals surface area contributed by atoms with Gasteiger partial charge in [-0.2, -0.15) is 0 Å². The molecular weight excluding hydrogens is 258 g/mol. The van der Waals surface area contributed by atoms with Gasteiger partial charge in [-0.1, -0.05) is 0 Å². The molecule has 106 valence electrons. The number of aromatic nitrogens is 2. The molecule has 0 aliphatic heterocycles. The molecule has 6 heteroatoms. The van der Waals surface area contributed by atoms with E-state index in [1.54, 1.807) is 30.6 Å². The molecule has 0 unspecified atom stereocenters. The van der Waals surface area contributed by atoms with Crippen molar-refractivity contribution in [2.45, 2.75) is 13.8 Å². The van der Waals surface area contributed by atoms with Gasteiger partial charge in [-0.25, -0.2) is 4.98 Å². The smallest absolute Gasteiger partial charge is 0.258 e. The molecule has 0 bridgehead atoms. The number of imidazole rings is 1. The Morgan fingerprint density at radius 3 is 2.65 bits per heavy atom. The van der Waals surface area contributed by atoms with Crippen LogP contribution < -0.4 is 14.8 Å². The first-order valence-electron chi connectivity index (χ1n) is 6.45. The van der Waals surface area contributed by atoms with Crippen molar-refractivity contribution in [3.8, 4) is 11.5 Å². The predicted molar refractivity (Wildman–Crippen MR) is 75.3 cm³/mol. The van der Waals surface area contributed by atoms with Gasteiger partial charge in [0.15, 0.2) is 11.5 Å². The Labute approximate surface area is 117 Å². The van der Waals surface area contributed by atoms with Crippen molar-refractivity contribution < 1.29 is 14.3 Å². The molecule has 6 nitrogen and oxygen atoms in total. The number of benzene rings is 1. The highest BCUT2D eigenvalue weighted by Gasteiger charge is 2.12. The summed E-state index contributed by atoms with van der Waals surface area (Å²) in [5, 5.41) is 2.66. The molecule has 1 aromatic heterocycles.